The van der Waals surface area contributed by atoms with Crippen LogP contribution in [0.5, 0.6) is 0 Å². The van der Waals surface area contributed by atoms with E-state index < -0.39 is 0 Å². The molecule has 0 saturated heterocycles. The van der Waals surface area contributed by atoms with Gasteiger partial charge in [0.2, 0.25) is 5.91 Å². The summed E-state index contributed by atoms with van der Waals surface area (Å²) in [6.07, 6.45) is 0.949. The first kappa shape index (κ1) is 16.9. The monoisotopic (exact) mass is 374 g/mol. The van der Waals surface area contributed by atoms with Gasteiger partial charge in [-0.15, -0.1) is 11.3 Å². The summed E-state index contributed by atoms with van der Waals surface area (Å²) < 4.78 is 16.0. The molecule has 0 aliphatic carbocycles. The van der Waals surface area contributed by atoms with E-state index in [0.717, 1.165) is 33.7 Å². The summed E-state index contributed by atoms with van der Waals surface area (Å²) in [4.78, 5) is 18.0. The van der Waals surface area contributed by atoms with Crippen molar-refractivity contribution >= 4 is 22.2 Å². The number of fused-ring (bicyclic) bond motifs is 1. The van der Waals surface area contributed by atoms with E-state index in [2.05, 4.69) is 20.6 Å². The lowest BCUT2D eigenvalue weighted by Crippen LogP contribution is -2.15. The Morgan fingerprint density at radius 2 is 2.08 bits per heavy atom. The van der Waals surface area contributed by atoms with Crippen LogP contribution in [0.2, 0.25) is 0 Å². The number of carbonyl (C=O) groups is 1. The average molecular weight is 374 g/mol. The van der Waals surface area contributed by atoms with Crippen LogP contribution in [0, 0.1) is 20.8 Å². The number of aryl methyl sites for hydroxylation is 3. The van der Waals surface area contributed by atoms with Gasteiger partial charge in [-0.3, -0.25) is 4.79 Å². The van der Waals surface area contributed by atoms with E-state index in [1.807, 2.05) is 6.92 Å². The Hall–Kier alpha value is -2.52. The number of nitrogens with zero attached hydrogens (tertiary/aromatic N) is 3. The number of ether oxygens (including phenoxy) is 1. The van der Waals surface area contributed by atoms with Crippen molar-refractivity contribution in [3.05, 3.63) is 33.3 Å². The number of anilines is 1. The highest BCUT2D eigenvalue weighted by atomic mass is 32.1. The molecule has 0 fully saturated rings. The summed E-state index contributed by atoms with van der Waals surface area (Å²) in [5, 5.41) is 11.5. The summed E-state index contributed by atoms with van der Waals surface area (Å²) >= 11 is 1.49. The fourth-order valence-corrected chi connectivity index (χ4v) is 4.22. The molecule has 8 nitrogen and oxygen atoms in total. The van der Waals surface area contributed by atoms with Gasteiger partial charge in [0.05, 0.1) is 30.9 Å². The van der Waals surface area contributed by atoms with Gasteiger partial charge < -0.3 is 19.1 Å². The van der Waals surface area contributed by atoms with Crippen molar-refractivity contribution in [2.75, 3.05) is 11.9 Å². The number of hydrogen-bond acceptors (Lipinski definition) is 8. The molecule has 0 bridgehead atoms. The smallest absolute Gasteiger partial charge is 0.261 e. The van der Waals surface area contributed by atoms with Gasteiger partial charge in [0.1, 0.15) is 10.8 Å². The minimum Gasteiger partial charge on any atom is -0.376 e. The summed E-state index contributed by atoms with van der Waals surface area (Å²) in [5.74, 6) is 1.50. The Morgan fingerprint density at radius 3 is 2.77 bits per heavy atom. The van der Waals surface area contributed by atoms with Crippen molar-refractivity contribution in [1.82, 2.24) is 15.3 Å². The predicted octanol–water partition coefficient (Wildman–Crippen LogP) is 2.97. The number of aromatic nitrogens is 3. The molecule has 26 heavy (non-hydrogen) atoms. The minimum atomic E-state index is -0.142. The quantitative estimate of drug-likeness (QED) is 0.749. The number of nitrogens with one attached hydrogen (secondary N) is 1. The topological polar surface area (TPSA) is 103 Å². The molecule has 3 aromatic rings. The maximum atomic E-state index is 12.6. The van der Waals surface area contributed by atoms with Crippen LogP contribution in [0.3, 0.4) is 0 Å². The zero-order valence-electron chi connectivity index (χ0n) is 14.7. The maximum absolute atomic E-state index is 12.6. The fraction of sp³-hybridized carbons (Fsp3) is 0.412. The van der Waals surface area contributed by atoms with Crippen molar-refractivity contribution in [2.45, 2.75) is 40.2 Å². The van der Waals surface area contributed by atoms with Crippen LogP contribution in [0.15, 0.2) is 9.05 Å². The zero-order valence-corrected chi connectivity index (χ0v) is 15.5. The van der Waals surface area contributed by atoms with Crippen LogP contribution >= 0.6 is 11.3 Å². The van der Waals surface area contributed by atoms with E-state index >= 15 is 0 Å². The molecule has 0 spiro atoms. The largest absolute Gasteiger partial charge is 0.376 e. The van der Waals surface area contributed by atoms with Crippen LogP contribution in [-0.2, 0) is 29.0 Å². The second-order valence-corrected chi connectivity index (χ2v) is 7.29. The summed E-state index contributed by atoms with van der Waals surface area (Å²) in [6, 6.07) is 0. The van der Waals surface area contributed by atoms with Crippen LogP contribution in [0.25, 0.3) is 11.5 Å². The molecule has 4 heterocycles. The van der Waals surface area contributed by atoms with Gasteiger partial charge in [0, 0.05) is 10.4 Å². The van der Waals surface area contributed by atoms with Crippen molar-refractivity contribution < 1.29 is 18.6 Å². The van der Waals surface area contributed by atoms with E-state index in [1.165, 1.54) is 11.3 Å². The Labute approximate surface area is 153 Å². The average Bonchev–Trinajstić information content (AvgIpc) is 3.27. The van der Waals surface area contributed by atoms with Crippen molar-refractivity contribution in [3.63, 3.8) is 0 Å². The Bertz CT molecular complexity index is 952. The zero-order chi connectivity index (χ0) is 18.3. The third-order valence-corrected chi connectivity index (χ3v) is 5.45. The number of hydrogen-bond donors (Lipinski definition) is 1. The van der Waals surface area contributed by atoms with E-state index in [4.69, 9.17) is 13.8 Å². The number of rotatable bonds is 4. The molecule has 3 aromatic heterocycles. The highest BCUT2D eigenvalue weighted by Gasteiger charge is 2.27. The molecule has 9 heteroatoms. The number of amides is 1. The fourth-order valence-electron chi connectivity index (χ4n) is 3.03. The SMILES string of the molecule is Cc1noc(-c2c(NC(=O)Cc3c(C)noc3C)sc3c2CCOC3)n1. The summed E-state index contributed by atoms with van der Waals surface area (Å²) in [6.45, 7) is 6.56. The van der Waals surface area contributed by atoms with E-state index in [0.29, 0.717) is 35.7 Å². The second-order valence-electron chi connectivity index (χ2n) is 6.18. The lowest BCUT2D eigenvalue weighted by atomic mass is 10.1. The summed E-state index contributed by atoms with van der Waals surface area (Å²) in [5.41, 5.74) is 3.45. The molecule has 0 aromatic carbocycles. The van der Waals surface area contributed by atoms with Gasteiger partial charge in [-0.1, -0.05) is 10.3 Å². The molecule has 0 atom stereocenters. The molecule has 0 radical (unpaired) electrons. The van der Waals surface area contributed by atoms with Gasteiger partial charge in [0.25, 0.3) is 5.89 Å². The van der Waals surface area contributed by atoms with Gasteiger partial charge >= 0.3 is 0 Å². The highest BCUT2D eigenvalue weighted by molar-refractivity contribution is 7.17. The first-order valence-corrected chi connectivity index (χ1v) is 9.09. The van der Waals surface area contributed by atoms with Gasteiger partial charge in [-0.2, -0.15) is 4.98 Å². The second kappa shape index (κ2) is 6.65. The molecular weight excluding hydrogens is 356 g/mol. The Morgan fingerprint density at radius 1 is 1.23 bits per heavy atom. The molecule has 0 saturated carbocycles. The number of carbonyl (C=O) groups excluding carboxylic acids is 1. The lowest BCUT2D eigenvalue weighted by Gasteiger charge is -2.12. The van der Waals surface area contributed by atoms with Gasteiger partial charge in [0.15, 0.2) is 5.82 Å². The van der Waals surface area contributed by atoms with Gasteiger partial charge in [-0.05, 0) is 32.8 Å². The molecule has 1 N–H and O–H groups in total. The summed E-state index contributed by atoms with van der Waals surface area (Å²) in [7, 11) is 0. The molecule has 1 aliphatic heterocycles. The normalized spacial score (nSPS) is 13.7. The first-order chi connectivity index (χ1) is 12.5. The van der Waals surface area contributed by atoms with Crippen LogP contribution in [0.4, 0.5) is 5.00 Å². The van der Waals surface area contributed by atoms with Crippen LogP contribution in [0.1, 0.15) is 33.3 Å². The third-order valence-electron chi connectivity index (χ3n) is 4.33. The van der Waals surface area contributed by atoms with E-state index in [1.54, 1.807) is 13.8 Å². The molecule has 4 rings (SSSR count). The van der Waals surface area contributed by atoms with Crippen LogP contribution in [-0.4, -0.2) is 27.8 Å². The molecular formula is C17H18N4O4S. The Balaban J connectivity index is 1.66. The molecule has 0 unspecified atom stereocenters. The third kappa shape index (κ3) is 3.04. The van der Waals surface area contributed by atoms with Crippen molar-refractivity contribution in [2.24, 2.45) is 0 Å². The molecule has 136 valence electrons. The lowest BCUT2D eigenvalue weighted by molar-refractivity contribution is -0.115. The van der Waals surface area contributed by atoms with Crippen molar-refractivity contribution in [3.8, 4) is 11.5 Å². The standard InChI is InChI=1S/C17H18N4O4S/c1-8-12(9(2)24-20-8)6-14(22)19-17-15(16-18-10(3)21-25-16)11-4-5-23-7-13(11)26-17/h4-7H2,1-3H3,(H,19,22). The van der Waals surface area contributed by atoms with Crippen LogP contribution < -0.4 is 5.32 Å². The van der Waals surface area contributed by atoms with Crippen molar-refractivity contribution in [1.29, 1.82) is 0 Å². The number of thiophene rings is 1. The minimum absolute atomic E-state index is 0.142. The maximum Gasteiger partial charge on any atom is 0.261 e. The van der Waals surface area contributed by atoms with Gasteiger partial charge in [-0.25, -0.2) is 0 Å². The Kier molecular flexibility index (Phi) is 4.33. The molecule has 1 amide bonds. The predicted molar refractivity (Wildman–Crippen MR) is 94.0 cm³/mol. The highest BCUT2D eigenvalue weighted by Crippen LogP contribution is 2.42. The van der Waals surface area contributed by atoms with E-state index in [-0.39, 0.29) is 12.3 Å². The van der Waals surface area contributed by atoms with E-state index in [9.17, 15) is 4.79 Å². The molecule has 1 aliphatic rings. The first-order valence-electron chi connectivity index (χ1n) is 8.27.